The monoisotopic (exact) mass is 509 g/mol. The van der Waals surface area contributed by atoms with Crippen molar-refractivity contribution < 1.29 is 19.4 Å². The van der Waals surface area contributed by atoms with Gasteiger partial charge in [0, 0.05) is 34.8 Å². The fourth-order valence-corrected chi connectivity index (χ4v) is 4.80. The highest BCUT2D eigenvalue weighted by Crippen LogP contribution is 2.32. The van der Waals surface area contributed by atoms with Crippen LogP contribution in [0.15, 0.2) is 85.2 Å². The number of rotatable bonds is 9. The Morgan fingerprint density at radius 2 is 1.68 bits per heavy atom. The highest BCUT2D eigenvalue weighted by Gasteiger charge is 2.21. The van der Waals surface area contributed by atoms with Crippen molar-refractivity contribution in [2.75, 3.05) is 13.2 Å². The van der Waals surface area contributed by atoms with Crippen molar-refractivity contribution in [1.29, 1.82) is 0 Å². The third-order valence-corrected chi connectivity index (χ3v) is 6.73. The number of imidazole rings is 1. The number of aliphatic hydroxyl groups excluding tert-OH is 1. The van der Waals surface area contributed by atoms with Crippen LogP contribution in [0.25, 0.3) is 33.4 Å². The maximum absolute atomic E-state index is 12.6. The Balaban J connectivity index is 1.37. The highest BCUT2D eigenvalue weighted by molar-refractivity contribution is 6.06. The second kappa shape index (κ2) is 10.9. The lowest BCUT2D eigenvalue weighted by Gasteiger charge is -2.16. The molecule has 0 amide bonds. The summed E-state index contributed by atoms with van der Waals surface area (Å²) in [6, 6.07) is 25.7. The van der Waals surface area contributed by atoms with Crippen LogP contribution in [0.3, 0.4) is 0 Å². The van der Waals surface area contributed by atoms with Crippen molar-refractivity contribution in [2.24, 2.45) is 7.05 Å². The van der Waals surface area contributed by atoms with Gasteiger partial charge in [0.15, 0.2) is 0 Å². The molecule has 7 heteroatoms. The van der Waals surface area contributed by atoms with Gasteiger partial charge in [-0.15, -0.1) is 0 Å². The zero-order valence-electron chi connectivity index (χ0n) is 21.8. The van der Waals surface area contributed by atoms with E-state index in [1.54, 1.807) is 13.3 Å². The molecule has 5 aromatic rings. The van der Waals surface area contributed by atoms with E-state index in [0.717, 1.165) is 39.1 Å². The molecule has 0 radical (unpaired) electrons. The minimum atomic E-state index is -0.784. The molecule has 0 saturated carbocycles. The Kier molecular flexibility index (Phi) is 7.29. The first-order valence-electron chi connectivity index (χ1n) is 12.7. The van der Waals surface area contributed by atoms with Crippen molar-refractivity contribution in [3.63, 3.8) is 0 Å². The van der Waals surface area contributed by atoms with Gasteiger partial charge in [0.2, 0.25) is 0 Å². The molecule has 0 bridgehead atoms. The molecule has 1 N–H and O–H groups in total. The summed E-state index contributed by atoms with van der Waals surface area (Å²) in [4.78, 5) is 17.3. The van der Waals surface area contributed by atoms with E-state index >= 15 is 0 Å². The molecule has 2 heterocycles. The van der Waals surface area contributed by atoms with Crippen molar-refractivity contribution in [1.82, 2.24) is 14.1 Å². The number of hydrogen-bond acceptors (Lipinski definition) is 5. The van der Waals surface area contributed by atoms with Gasteiger partial charge in [0.05, 0.1) is 36.4 Å². The average Bonchev–Trinajstić information content (AvgIpc) is 3.46. The number of esters is 1. The molecule has 0 unspecified atom stereocenters. The molecule has 0 aliphatic rings. The summed E-state index contributed by atoms with van der Waals surface area (Å²) < 4.78 is 15.2. The standard InChI is InChI=1S/C31H31N3O4/c1-4-37-31(36)28-21(2)33(3)27-16-15-25(17-26(27)28)38-19-24(35)18-34-20-32-29(22-11-7-5-8-12-22)30(34)23-13-9-6-10-14-23/h5-17,20,24,35H,4,18-19H2,1-3H3/t24-/m1/s1. The number of ether oxygens (including phenoxy) is 2. The second-order valence-electron chi connectivity index (χ2n) is 9.21. The van der Waals surface area contributed by atoms with Crippen molar-refractivity contribution in [3.8, 4) is 28.3 Å². The van der Waals surface area contributed by atoms with Crippen molar-refractivity contribution >= 4 is 16.9 Å². The van der Waals surface area contributed by atoms with E-state index in [-0.39, 0.29) is 12.6 Å². The van der Waals surface area contributed by atoms with E-state index in [1.807, 2.05) is 102 Å². The first-order valence-corrected chi connectivity index (χ1v) is 12.7. The van der Waals surface area contributed by atoms with Crippen LogP contribution in [-0.4, -0.2) is 44.5 Å². The molecular formula is C31H31N3O4. The molecule has 0 aliphatic heterocycles. The predicted molar refractivity (Wildman–Crippen MR) is 148 cm³/mol. The zero-order chi connectivity index (χ0) is 26.6. The Morgan fingerprint density at radius 1 is 1.00 bits per heavy atom. The minimum absolute atomic E-state index is 0.0825. The lowest BCUT2D eigenvalue weighted by Crippen LogP contribution is -2.23. The minimum Gasteiger partial charge on any atom is -0.491 e. The van der Waals surface area contributed by atoms with Crippen LogP contribution in [-0.2, 0) is 18.3 Å². The van der Waals surface area contributed by atoms with Gasteiger partial charge in [-0.25, -0.2) is 9.78 Å². The average molecular weight is 510 g/mol. The van der Waals surface area contributed by atoms with Crippen LogP contribution in [0.1, 0.15) is 23.0 Å². The van der Waals surface area contributed by atoms with Crippen LogP contribution in [0.5, 0.6) is 5.75 Å². The Hall–Kier alpha value is -4.36. The van der Waals surface area contributed by atoms with Gasteiger partial charge < -0.3 is 23.7 Å². The quantitative estimate of drug-likeness (QED) is 0.261. The van der Waals surface area contributed by atoms with Crippen LogP contribution in [0, 0.1) is 6.92 Å². The molecule has 1 atom stereocenters. The van der Waals surface area contributed by atoms with Gasteiger partial charge in [-0.3, -0.25) is 0 Å². The number of nitrogens with zero attached hydrogens (tertiary/aromatic N) is 3. The number of carbonyl (C=O) groups is 1. The molecule has 7 nitrogen and oxygen atoms in total. The summed E-state index contributed by atoms with van der Waals surface area (Å²) >= 11 is 0. The zero-order valence-corrected chi connectivity index (χ0v) is 21.8. The lowest BCUT2D eigenvalue weighted by atomic mass is 10.0. The van der Waals surface area contributed by atoms with E-state index in [1.165, 1.54) is 0 Å². The smallest absolute Gasteiger partial charge is 0.340 e. The fraction of sp³-hybridized carbons (Fsp3) is 0.226. The number of aryl methyl sites for hydroxylation is 1. The van der Waals surface area contributed by atoms with Crippen LogP contribution in [0.2, 0.25) is 0 Å². The Bertz CT molecular complexity index is 1550. The van der Waals surface area contributed by atoms with Gasteiger partial charge in [-0.2, -0.15) is 0 Å². The number of hydrogen-bond donors (Lipinski definition) is 1. The normalized spacial score (nSPS) is 12.0. The molecule has 0 spiro atoms. The molecule has 0 saturated heterocycles. The van der Waals surface area contributed by atoms with E-state index in [0.29, 0.717) is 24.5 Å². The number of aliphatic hydroxyl groups is 1. The number of carbonyl (C=O) groups excluding carboxylic acids is 1. The fourth-order valence-electron chi connectivity index (χ4n) is 4.80. The Morgan fingerprint density at radius 3 is 2.37 bits per heavy atom. The molecule has 38 heavy (non-hydrogen) atoms. The summed E-state index contributed by atoms with van der Waals surface area (Å²) in [5, 5.41) is 11.7. The van der Waals surface area contributed by atoms with Crippen LogP contribution < -0.4 is 4.74 Å². The molecule has 2 aromatic heterocycles. The third kappa shape index (κ3) is 4.93. The van der Waals surface area contributed by atoms with Gasteiger partial charge in [-0.05, 0) is 32.0 Å². The molecule has 0 fully saturated rings. The third-order valence-electron chi connectivity index (χ3n) is 6.73. The second-order valence-corrected chi connectivity index (χ2v) is 9.21. The number of benzene rings is 3. The first-order chi connectivity index (χ1) is 18.5. The van der Waals surface area contributed by atoms with Gasteiger partial charge in [0.25, 0.3) is 0 Å². The molecule has 194 valence electrons. The number of aromatic nitrogens is 3. The molecule has 0 aliphatic carbocycles. The van der Waals surface area contributed by atoms with Crippen molar-refractivity contribution in [2.45, 2.75) is 26.5 Å². The molecular weight excluding hydrogens is 478 g/mol. The van der Waals surface area contributed by atoms with E-state index in [9.17, 15) is 9.90 Å². The largest absolute Gasteiger partial charge is 0.491 e. The maximum Gasteiger partial charge on any atom is 0.340 e. The summed E-state index contributed by atoms with van der Waals surface area (Å²) in [7, 11) is 1.92. The maximum atomic E-state index is 12.6. The molecule has 3 aromatic carbocycles. The van der Waals surface area contributed by atoms with Crippen LogP contribution in [0.4, 0.5) is 0 Å². The highest BCUT2D eigenvalue weighted by atomic mass is 16.5. The number of fused-ring (bicyclic) bond motifs is 1. The van der Waals surface area contributed by atoms with Gasteiger partial charge in [0.1, 0.15) is 18.5 Å². The summed E-state index contributed by atoms with van der Waals surface area (Å²) in [6.45, 7) is 4.39. The van der Waals surface area contributed by atoms with E-state index < -0.39 is 6.10 Å². The van der Waals surface area contributed by atoms with E-state index in [2.05, 4.69) is 4.98 Å². The van der Waals surface area contributed by atoms with Gasteiger partial charge >= 0.3 is 5.97 Å². The van der Waals surface area contributed by atoms with Crippen molar-refractivity contribution in [3.05, 3.63) is 96.4 Å². The van der Waals surface area contributed by atoms with Crippen LogP contribution >= 0.6 is 0 Å². The molecule has 5 rings (SSSR count). The summed E-state index contributed by atoms with van der Waals surface area (Å²) in [5.74, 6) is 0.224. The summed E-state index contributed by atoms with van der Waals surface area (Å²) in [5.41, 5.74) is 6.12. The van der Waals surface area contributed by atoms with Gasteiger partial charge in [-0.1, -0.05) is 60.7 Å². The topological polar surface area (TPSA) is 78.5 Å². The first kappa shape index (κ1) is 25.3. The van der Waals surface area contributed by atoms with E-state index in [4.69, 9.17) is 9.47 Å². The SMILES string of the molecule is CCOC(=O)c1c(C)n(C)c2ccc(OC[C@H](O)Cn3cnc(-c4ccccc4)c3-c3ccccc3)cc12. The predicted octanol–water partition coefficient (Wildman–Crippen LogP) is 5.63. The Labute approximate surface area is 221 Å². The summed E-state index contributed by atoms with van der Waals surface area (Å²) in [6.07, 6.45) is 0.978. The lowest BCUT2D eigenvalue weighted by molar-refractivity contribution is 0.0527.